The van der Waals surface area contributed by atoms with Gasteiger partial charge in [-0.2, -0.15) is 0 Å². The number of benzene rings is 1. The summed E-state index contributed by atoms with van der Waals surface area (Å²) in [4.78, 5) is 26.1. The molecule has 7 heteroatoms. The van der Waals surface area contributed by atoms with Crippen molar-refractivity contribution >= 4 is 12.0 Å². The van der Waals surface area contributed by atoms with E-state index in [0.717, 1.165) is 24.9 Å². The fraction of sp³-hybridized carbons (Fsp3) is 0.680. The van der Waals surface area contributed by atoms with Gasteiger partial charge in [-0.25, -0.2) is 9.59 Å². The quantitative estimate of drug-likeness (QED) is 0.501. The molecule has 1 aromatic carbocycles. The molecule has 2 fully saturated rings. The Morgan fingerprint density at radius 3 is 2.41 bits per heavy atom. The van der Waals surface area contributed by atoms with E-state index in [2.05, 4.69) is 5.32 Å². The second kappa shape index (κ2) is 12.7. The van der Waals surface area contributed by atoms with E-state index in [1.54, 1.807) is 6.92 Å². The number of hydrogen-bond acceptors (Lipinski definition) is 4. The number of carboxylic acid groups (broad SMARTS) is 1. The average Bonchev–Trinajstić information content (AvgIpc) is 2.76. The second-order valence-corrected chi connectivity index (χ2v) is 9.01. The molecule has 0 aromatic heterocycles. The first kappa shape index (κ1) is 24.4. The van der Waals surface area contributed by atoms with Crippen LogP contribution in [0, 0.1) is 5.92 Å². The average molecular weight is 447 g/mol. The van der Waals surface area contributed by atoms with Crippen molar-refractivity contribution in [2.24, 2.45) is 5.92 Å². The molecule has 2 amide bonds. The Labute approximate surface area is 191 Å². The number of ether oxygens (including phenoxy) is 2. The van der Waals surface area contributed by atoms with E-state index >= 15 is 0 Å². The Hall–Kier alpha value is -2.28. The summed E-state index contributed by atoms with van der Waals surface area (Å²) in [5, 5.41) is 12.5. The molecule has 3 rings (SSSR count). The highest BCUT2D eigenvalue weighted by Crippen LogP contribution is 2.27. The molecule has 1 unspecified atom stereocenters. The van der Waals surface area contributed by atoms with Crippen molar-refractivity contribution in [3.05, 3.63) is 29.8 Å². The van der Waals surface area contributed by atoms with Gasteiger partial charge in [-0.15, -0.1) is 0 Å². The number of rotatable bonds is 12. The van der Waals surface area contributed by atoms with E-state index in [0.29, 0.717) is 43.9 Å². The minimum atomic E-state index is -0.953. The van der Waals surface area contributed by atoms with Crippen molar-refractivity contribution in [2.75, 3.05) is 26.3 Å². The van der Waals surface area contributed by atoms with Crippen molar-refractivity contribution in [3.8, 4) is 5.75 Å². The lowest BCUT2D eigenvalue weighted by Gasteiger charge is -2.34. The summed E-state index contributed by atoms with van der Waals surface area (Å²) in [6, 6.07) is 7.77. The van der Waals surface area contributed by atoms with Crippen LogP contribution in [-0.4, -0.2) is 60.5 Å². The van der Waals surface area contributed by atoms with Crippen LogP contribution in [0.5, 0.6) is 5.75 Å². The van der Waals surface area contributed by atoms with Crippen LogP contribution in [0.4, 0.5) is 4.79 Å². The molecule has 1 aromatic rings. The molecule has 178 valence electrons. The SMILES string of the molecule is CCOC(Cc1ccc(OCCN(CC2CCC2)C(=O)NC2CCCCC2)cc1)C(=O)O. The van der Waals surface area contributed by atoms with Gasteiger partial charge in [-0.05, 0) is 56.2 Å². The number of carboxylic acids is 1. The highest BCUT2D eigenvalue weighted by atomic mass is 16.5. The summed E-state index contributed by atoms with van der Waals surface area (Å²) in [7, 11) is 0. The topological polar surface area (TPSA) is 88.1 Å². The van der Waals surface area contributed by atoms with Crippen molar-refractivity contribution in [3.63, 3.8) is 0 Å². The van der Waals surface area contributed by atoms with E-state index in [9.17, 15) is 14.7 Å². The van der Waals surface area contributed by atoms with Crippen molar-refractivity contribution in [2.45, 2.75) is 76.9 Å². The maximum absolute atomic E-state index is 12.9. The predicted molar refractivity (Wildman–Crippen MR) is 123 cm³/mol. The van der Waals surface area contributed by atoms with Crippen LogP contribution in [0.25, 0.3) is 0 Å². The summed E-state index contributed by atoms with van der Waals surface area (Å²) in [6.45, 7) is 3.94. The van der Waals surface area contributed by atoms with Crippen LogP contribution >= 0.6 is 0 Å². The summed E-state index contributed by atoms with van der Waals surface area (Å²) < 4.78 is 11.2. The Bertz CT molecular complexity index is 714. The second-order valence-electron chi connectivity index (χ2n) is 9.01. The Balaban J connectivity index is 1.47. The first-order chi connectivity index (χ1) is 15.5. The maximum atomic E-state index is 12.9. The van der Waals surface area contributed by atoms with Gasteiger partial charge in [0.05, 0.1) is 6.54 Å². The first-order valence-corrected chi connectivity index (χ1v) is 12.2. The van der Waals surface area contributed by atoms with E-state index in [-0.39, 0.29) is 6.03 Å². The van der Waals surface area contributed by atoms with E-state index in [4.69, 9.17) is 9.47 Å². The Morgan fingerprint density at radius 1 is 1.09 bits per heavy atom. The lowest BCUT2D eigenvalue weighted by Crippen LogP contribution is -2.49. The van der Waals surface area contributed by atoms with Crippen LogP contribution in [0.3, 0.4) is 0 Å². The highest BCUT2D eigenvalue weighted by molar-refractivity contribution is 5.74. The van der Waals surface area contributed by atoms with Crippen LogP contribution in [-0.2, 0) is 16.0 Å². The number of nitrogens with one attached hydrogen (secondary N) is 1. The molecule has 7 nitrogen and oxygen atoms in total. The van der Waals surface area contributed by atoms with Gasteiger partial charge in [0.15, 0.2) is 6.10 Å². The molecule has 0 saturated heterocycles. The highest BCUT2D eigenvalue weighted by Gasteiger charge is 2.25. The van der Waals surface area contributed by atoms with Crippen molar-refractivity contribution < 1.29 is 24.2 Å². The number of urea groups is 1. The van der Waals surface area contributed by atoms with Gasteiger partial charge < -0.3 is 24.8 Å². The number of hydrogen-bond donors (Lipinski definition) is 2. The van der Waals surface area contributed by atoms with E-state index < -0.39 is 12.1 Å². The molecule has 2 aliphatic rings. The molecule has 2 aliphatic carbocycles. The molecule has 0 bridgehead atoms. The molecule has 1 atom stereocenters. The lowest BCUT2D eigenvalue weighted by molar-refractivity contribution is -0.149. The fourth-order valence-corrected chi connectivity index (χ4v) is 4.40. The molecule has 0 spiro atoms. The summed E-state index contributed by atoms with van der Waals surface area (Å²) in [5.41, 5.74) is 0.886. The molecule has 2 N–H and O–H groups in total. The van der Waals surface area contributed by atoms with Crippen molar-refractivity contribution in [1.29, 1.82) is 0 Å². The number of nitrogens with zero attached hydrogens (tertiary/aromatic N) is 1. The molecule has 2 saturated carbocycles. The predicted octanol–water partition coefficient (Wildman–Crippen LogP) is 4.24. The smallest absolute Gasteiger partial charge is 0.333 e. The van der Waals surface area contributed by atoms with Gasteiger partial charge in [0.1, 0.15) is 12.4 Å². The largest absolute Gasteiger partial charge is 0.492 e. The Morgan fingerprint density at radius 2 is 1.81 bits per heavy atom. The van der Waals surface area contributed by atoms with Gasteiger partial charge in [0.25, 0.3) is 0 Å². The van der Waals surface area contributed by atoms with Gasteiger partial charge >= 0.3 is 12.0 Å². The van der Waals surface area contributed by atoms with E-state index in [1.165, 1.54) is 38.5 Å². The standard InChI is InChI=1S/C25H38N2O5/c1-2-31-23(24(28)29)17-19-11-13-22(14-12-19)32-16-15-27(18-20-7-6-8-20)25(30)26-21-9-4-3-5-10-21/h11-14,20-21,23H,2-10,15-18H2,1H3,(H,26,30)(H,28,29). The zero-order chi connectivity index (χ0) is 22.8. The molecular formula is C25H38N2O5. The first-order valence-electron chi connectivity index (χ1n) is 12.2. The molecule has 32 heavy (non-hydrogen) atoms. The van der Waals surface area contributed by atoms with Gasteiger partial charge in [0.2, 0.25) is 0 Å². The van der Waals surface area contributed by atoms with Crippen LogP contribution in [0.15, 0.2) is 24.3 Å². The number of aliphatic carboxylic acids is 1. The van der Waals surface area contributed by atoms with Gasteiger partial charge in [-0.3, -0.25) is 0 Å². The minimum Gasteiger partial charge on any atom is -0.492 e. The third-order valence-electron chi connectivity index (χ3n) is 6.54. The summed E-state index contributed by atoms with van der Waals surface area (Å²) in [5.74, 6) is 0.373. The van der Waals surface area contributed by atoms with Crippen LogP contribution in [0.2, 0.25) is 0 Å². The molecule has 0 radical (unpaired) electrons. The minimum absolute atomic E-state index is 0.0402. The Kier molecular flexibility index (Phi) is 9.65. The fourth-order valence-electron chi connectivity index (χ4n) is 4.40. The van der Waals surface area contributed by atoms with Crippen molar-refractivity contribution in [1.82, 2.24) is 10.2 Å². The number of carbonyl (C=O) groups is 2. The third kappa shape index (κ3) is 7.69. The number of amides is 2. The third-order valence-corrected chi connectivity index (χ3v) is 6.54. The maximum Gasteiger partial charge on any atom is 0.333 e. The van der Waals surface area contributed by atoms with Gasteiger partial charge in [0, 0.05) is 25.6 Å². The number of carbonyl (C=O) groups excluding carboxylic acids is 1. The summed E-state index contributed by atoms with van der Waals surface area (Å²) >= 11 is 0. The normalized spacial score (nSPS) is 17.9. The zero-order valence-corrected chi connectivity index (χ0v) is 19.3. The monoisotopic (exact) mass is 446 g/mol. The van der Waals surface area contributed by atoms with Crippen LogP contribution in [0.1, 0.15) is 63.9 Å². The van der Waals surface area contributed by atoms with Gasteiger partial charge in [-0.1, -0.05) is 37.8 Å². The molecular weight excluding hydrogens is 408 g/mol. The van der Waals surface area contributed by atoms with E-state index in [1.807, 2.05) is 29.2 Å². The van der Waals surface area contributed by atoms with Crippen LogP contribution < -0.4 is 10.1 Å². The zero-order valence-electron chi connectivity index (χ0n) is 19.3. The molecule has 0 aliphatic heterocycles. The lowest BCUT2D eigenvalue weighted by atomic mass is 9.85. The summed E-state index contributed by atoms with van der Waals surface area (Å²) in [6.07, 6.45) is 8.98. The molecule has 0 heterocycles.